The van der Waals surface area contributed by atoms with E-state index in [1.165, 1.54) is 24.3 Å². The molecule has 0 unspecified atom stereocenters. The van der Waals surface area contributed by atoms with Crippen molar-refractivity contribution in [1.82, 2.24) is 29.6 Å². The fourth-order valence-corrected chi connectivity index (χ4v) is 4.31. The van der Waals surface area contributed by atoms with Crippen LogP contribution in [0.4, 0.5) is 17.3 Å². The maximum Gasteiger partial charge on any atom is 0.247 e. The van der Waals surface area contributed by atoms with E-state index in [2.05, 4.69) is 74.1 Å². The van der Waals surface area contributed by atoms with Gasteiger partial charge in [0.25, 0.3) is 0 Å². The van der Waals surface area contributed by atoms with Gasteiger partial charge in [0.1, 0.15) is 6.33 Å². The van der Waals surface area contributed by atoms with Crippen LogP contribution in [0.15, 0.2) is 43.1 Å². The third kappa shape index (κ3) is 3.44. The number of hydrogen-bond acceptors (Lipinski definition) is 7. The van der Waals surface area contributed by atoms with Gasteiger partial charge in [0.05, 0.1) is 6.20 Å². The molecule has 0 bridgehead atoms. The second-order valence-electron chi connectivity index (χ2n) is 8.61. The second-order valence-corrected chi connectivity index (χ2v) is 8.61. The molecule has 5 rings (SSSR count). The van der Waals surface area contributed by atoms with Crippen LogP contribution in [-0.2, 0) is 0 Å². The van der Waals surface area contributed by atoms with Gasteiger partial charge in [0, 0.05) is 61.4 Å². The van der Waals surface area contributed by atoms with E-state index < -0.39 is 0 Å². The largest absolute Gasteiger partial charge is 0.370 e. The molecular weight excluding hydrogens is 364 g/mol. The van der Waals surface area contributed by atoms with Gasteiger partial charge in [-0.3, -0.25) is 9.88 Å². The molecule has 0 amide bonds. The predicted octanol–water partition coefficient (Wildman–Crippen LogP) is 2.64. The van der Waals surface area contributed by atoms with Crippen molar-refractivity contribution in [2.24, 2.45) is 5.41 Å². The molecule has 0 saturated carbocycles. The van der Waals surface area contributed by atoms with E-state index in [-0.39, 0.29) is 0 Å². The van der Waals surface area contributed by atoms with Gasteiger partial charge in [-0.2, -0.15) is 9.67 Å². The average Bonchev–Trinajstić information content (AvgIpc) is 3.08. The lowest BCUT2D eigenvalue weighted by molar-refractivity contribution is -0.0411. The van der Waals surface area contributed by atoms with E-state index in [1.807, 2.05) is 0 Å². The molecule has 2 aromatic heterocycles. The number of nitrogens with zero attached hydrogens (tertiary/aromatic N) is 7. The summed E-state index contributed by atoms with van der Waals surface area (Å²) in [6.07, 6.45) is 6.57. The monoisotopic (exact) mass is 390 g/mol. The summed E-state index contributed by atoms with van der Waals surface area (Å²) < 4.78 is 1.61. The summed E-state index contributed by atoms with van der Waals surface area (Å²) in [5, 5.41) is 7.78. The van der Waals surface area contributed by atoms with E-state index in [0.29, 0.717) is 23.2 Å². The lowest BCUT2D eigenvalue weighted by atomic mass is 9.72. The van der Waals surface area contributed by atoms with Crippen LogP contribution in [0.5, 0.6) is 0 Å². The molecule has 0 aliphatic carbocycles. The first-order chi connectivity index (χ1) is 14.0. The van der Waals surface area contributed by atoms with Crippen molar-refractivity contribution < 1.29 is 0 Å². The van der Waals surface area contributed by atoms with Gasteiger partial charge >= 0.3 is 0 Å². The molecule has 1 N–H and O–H groups in total. The molecule has 4 heterocycles. The molecule has 1 spiro atoms. The van der Waals surface area contributed by atoms with Gasteiger partial charge < -0.3 is 10.2 Å². The van der Waals surface area contributed by atoms with Crippen molar-refractivity contribution in [3.8, 4) is 5.82 Å². The Hall–Kier alpha value is -3.00. The van der Waals surface area contributed by atoms with E-state index in [0.717, 1.165) is 18.8 Å². The van der Waals surface area contributed by atoms with Crippen molar-refractivity contribution in [3.05, 3.63) is 48.7 Å². The molecule has 8 heteroatoms. The number of aryl methyl sites for hydroxylation is 1. The number of likely N-dealkylation sites (tertiary alicyclic amines) is 1. The number of hydrogen-bond donors (Lipinski definition) is 1. The van der Waals surface area contributed by atoms with Gasteiger partial charge in [-0.1, -0.05) is 0 Å². The summed E-state index contributed by atoms with van der Waals surface area (Å²) in [6, 6.07) is 7.20. The zero-order valence-electron chi connectivity index (χ0n) is 17.1. The van der Waals surface area contributed by atoms with Crippen LogP contribution >= 0.6 is 0 Å². The van der Waals surface area contributed by atoms with Crippen LogP contribution in [-0.4, -0.2) is 61.9 Å². The molecule has 3 aromatic rings. The van der Waals surface area contributed by atoms with Crippen LogP contribution in [0.25, 0.3) is 5.82 Å². The third-order valence-corrected chi connectivity index (χ3v) is 5.82. The smallest absolute Gasteiger partial charge is 0.247 e. The topological polar surface area (TPSA) is 75.0 Å². The van der Waals surface area contributed by atoms with E-state index in [4.69, 9.17) is 0 Å². The minimum absolute atomic E-state index is 0.499. The third-order valence-electron chi connectivity index (χ3n) is 5.82. The maximum atomic E-state index is 4.46. The molecule has 2 fully saturated rings. The zero-order valence-corrected chi connectivity index (χ0v) is 17.1. The summed E-state index contributed by atoms with van der Waals surface area (Å²) in [6.45, 7) is 11.4. The molecule has 29 heavy (non-hydrogen) atoms. The molecule has 2 aliphatic heterocycles. The normalized spacial score (nSPS) is 18.0. The summed E-state index contributed by atoms with van der Waals surface area (Å²) in [7, 11) is 0. The Balaban J connectivity index is 1.27. The molecule has 2 aliphatic rings. The first-order valence-corrected chi connectivity index (χ1v) is 10.1. The minimum Gasteiger partial charge on any atom is -0.370 e. The molecule has 150 valence electrons. The molecule has 1 aromatic carbocycles. The molecule has 2 saturated heterocycles. The fraction of sp³-hybridized carbons (Fsp3) is 0.429. The van der Waals surface area contributed by atoms with Crippen LogP contribution in [0.2, 0.25) is 0 Å². The standard InChI is InChI=1S/C21H26N8/c1-15(2)27-10-21(11-27)12-28(13-21)18-7-16(3)6-17(8-18)25-20-24-14-29(26-20)19-9-22-4-5-23-19/h4-9,14-15H,10-13H2,1-3H3,(H,25,26). The van der Waals surface area contributed by atoms with Gasteiger partial charge in [0.2, 0.25) is 5.95 Å². The van der Waals surface area contributed by atoms with E-state index in [1.54, 1.807) is 29.6 Å². The lowest BCUT2D eigenvalue weighted by Gasteiger charge is -2.62. The molecule has 8 nitrogen and oxygen atoms in total. The van der Waals surface area contributed by atoms with Crippen molar-refractivity contribution in [1.29, 1.82) is 0 Å². The highest BCUT2D eigenvalue weighted by Crippen LogP contribution is 2.43. The Bertz CT molecular complexity index is 999. The first-order valence-electron chi connectivity index (χ1n) is 10.1. The lowest BCUT2D eigenvalue weighted by Crippen LogP contribution is -2.73. The van der Waals surface area contributed by atoms with Crippen molar-refractivity contribution in [2.45, 2.75) is 26.8 Å². The first kappa shape index (κ1) is 18.1. The van der Waals surface area contributed by atoms with Gasteiger partial charge in [-0.25, -0.2) is 4.98 Å². The molecule has 0 radical (unpaired) electrons. The van der Waals surface area contributed by atoms with Crippen LogP contribution in [0.1, 0.15) is 19.4 Å². The Morgan fingerprint density at radius 1 is 1.03 bits per heavy atom. The fourth-order valence-electron chi connectivity index (χ4n) is 4.31. The summed E-state index contributed by atoms with van der Waals surface area (Å²) >= 11 is 0. The highest BCUT2D eigenvalue weighted by atomic mass is 15.4. The van der Waals surface area contributed by atoms with E-state index >= 15 is 0 Å². The van der Waals surface area contributed by atoms with Crippen LogP contribution < -0.4 is 10.2 Å². The Morgan fingerprint density at radius 2 is 1.86 bits per heavy atom. The number of aromatic nitrogens is 5. The Kier molecular flexibility index (Phi) is 4.24. The summed E-state index contributed by atoms with van der Waals surface area (Å²) in [5.74, 6) is 1.18. The van der Waals surface area contributed by atoms with Gasteiger partial charge in [-0.05, 0) is 44.5 Å². The SMILES string of the molecule is Cc1cc(Nc2ncn(-c3cnccn3)n2)cc(N2CC3(C2)CN(C(C)C)C3)c1. The minimum atomic E-state index is 0.499. The van der Waals surface area contributed by atoms with Gasteiger partial charge in [-0.15, -0.1) is 5.10 Å². The van der Waals surface area contributed by atoms with Crippen LogP contribution in [0, 0.1) is 12.3 Å². The summed E-state index contributed by atoms with van der Waals surface area (Å²) in [5.41, 5.74) is 3.97. The highest BCUT2D eigenvalue weighted by Gasteiger charge is 2.52. The molecule has 0 atom stereocenters. The van der Waals surface area contributed by atoms with E-state index in [9.17, 15) is 0 Å². The molecular formula is C21H26N8. The number of benzene rings is 1. The quantitative estimate of drug-likeness (QED) is 0.718. The zero-order chi connectivity index (χ0) is 20.0. The van der Waals surface area contributed by atoms with Crippen molar-refractivity contribution in [3.63, 3.8) is 0 Å². The number of nitrogens with one attached hydrogen (secondary N) is 1. The maximum absolute atomic E-state index is 4.46. The summed E-state index contributed by atoms with van der Waals surface area (Å²) in [4.78, 5) is 17.7. The number of rotatable bonds is 5. The average molecular weight is 390 g/mol. The van der Waals surface area contributed by atoms with Crippen molar-refractivity contribution >= 4 is 17.3 Å². The Morgan fingerprint density at radius 3 is 2.59 bits per heavy atom. The van der Waals surface area contributed by atoms with Crippen molar-refractivity contribution in [2.75, 3.05) is 36.4 Å². The second kappa shape index (κ2) is 6.81. The van der Waals surface area contributed by atoms with Crippen LogP contribution in [0.3, 0.4) is 0 Å². The predicted molar refractivity (Wildman–Crippen MR) is 113 cm³/mol. The highest BCUT2D eigenvalue weighted by molar-refractivity contribution is 5.65. The van der Waals surface area contributed by atoms with Gasteiger partial charge in [0.15, 0.2) is 5.82 Å². The number of anilines is 3. The Labute approximate surface area is 170 Å².